The molecule has 5 heteroatoms. The first-order valence-corrected chi connectivity index (χ1v) is 4.63. The summed E-state index contributed by atoms with van der Waals surface area (Å²) in [7, 11) is 1.92. The lowest BCUT2D eigenvalue weighted by Crippen LogP contribution is -2.23. The molecule has 0 aromatic carbocycles. The van der Waals surface area contributed by atoms with Gasteiger partial charge in [-0.05, 0) is 44.2 Å². The normalized spacial score (nSPS) is 21.5. The van der Waals surface area contributed by atoms with Gasteiger partial charge in [-0.15, -0.1) is 5.10 Å². The molecule has 0 spiro atoms. The van der Waals surface area contributed by atoms with E-state index in [9.17, 15) is 0 Å². The van der Waals surface area contributed by atoms with E-state index in [-0.39, 0.29) is 11.6 Å². The van der Waals surface area contributed by atoms with Gasteiger partial charge in [0, 0.05) is 0 Å². The second-order valence-corrected chi connectivity index (χ2v) is 3.96. The molecule has 72 valence electrons. The summed E-state index contributed by atoms with van der Waals surface area (Å²) in [5.41, 5.74) is 0.184. The molecule has 0 saturated heterocycles. The molecule has 0 amide bonds. The number of hydrogen-bond acceptors (Lipinski definition) is 4. The van der Waals surface area contributed by atoms with Crippen molar-refractivity contribution in [2.75, 3.05) is 7.05 Å². The third-order valence-corrected chi connectivity index (χ3v) is 2.80. The van der Waals surface area contributed by atoms with E-state index in [2.05, 4.69) is 34.7 Å². The van der Waals surface area contributed by atoms with Crippen LogP contribution in [-0.2, 0) is 5.54 Å². The van der Waals surface area contributed by atoms with Crippen molar-refractivity contribution >= 4 is 0 Å². The third-order valence-electron chi connectivity index (χ3n) is 2.80. The van der Waals surface area contributed by atoms with E-state index in [4.69, 9.17) is 0 Å². The highest BCUT2D eigenvalue weighted by Gasteiger charge is 2.42. The molecule has 1 N–H and O–H groups in total. The van der Waals surface area contributed by atoms with Gasteiger partial charge >= 0.3 is 0 Å². The predicted octanol–water partition coefficient (Wildman–Crippen LogP) is 0.462. The fourth-order valence-corrected chi connectivity index (χ4v) is 1.37. The largest absolute Gasteiger partial charge is 0.311 e. The molecule has 1 unspecified atom stereocenters. The van der Waals surface area contributed by atoms with Crippen LogP contribution in [0.3, 0.4) is 0 Å². The van der Waals surface area contributed by atoms with Crippen LogP contribution in [0.1, 0.15) is 38.6 Å². The standard InChI is InChI=1S/C8H15N5/c1-6(9-3)7-10-11-12-13(7)8(2)4-5-8/h6,9H,4-5H2,1-3H3. The molecule has 1 atom stereocenters. The van der Waals surface area contributed by atoms with Crippen molar-refractivity contribution in [2.45, 2.75) is 38.3 Å². The SMILES string of the molecule is CNC(C)c1nnnn1C1(C)CC1. The minimum Gasteiger partial charge on any atom is -0.311 e. The van der Waals surface area contributed by atoms with Gasteiger partial charge in [-0.1, -0.05) is 0 Å². The number of tetrazole rings is 1. The van der Waals surface area contributed by atoms with Crippen molar-refractivity contribution in [3.8, 4) is 0 Å². The van der Waals surface area contributed by atoms with E-state index in [0.717, 1.165) is 5.82 Å². The van der Waals surface area contributed by atoms with Crippen molar-refractivity contribution in [3.63, 3.8) is 0 Å². The zero-order valence-corrected chi connectivity index (χ0v) is 8.28. The summed E-state index contributed by atoms with van der Waals surface area (Å²) in [6.07, 6.45) is 2.36. The molecule has 1 aromatic heterocycles. The van der Waals surface area contributed by atoms with Crippen LogP contribution in [0.4, 0.5) is 0 Å². The van der Waals surface area contributed by atoms with Crippen LogP contribution < -0.4 is 5.32 Å². The summed E-state index contributed by atoms with van der Waals surface area (Å²) < 4.78 is 1.95. The van der Waals surface area contributed by atoms with E-state index in [1.807, 2.05) is 11.7 Å². The maximum Gasteiger partial charge on any atom is 0.168 e. The lowest BCUT2D eigenvalue weighted by Gasteiger charge is -2.14. The average Bonchev–Trinajstić information content (AvgIpc) is 2.71. The maximum absolute atomic E-state index is 4.03. The minimum absolute atomic E-state index is 0.184. The highest BCUT2D eigenvalue weighted by Crippen LogP contribution is 2.43. The molecule has 2 rings (SSSR count). The molecule has 1 heterocycles. The zero-order chi connectivity index (χ0) is 9.47. The van der Waals surface area contributed by atoms with E-state index in [1.165, 1.54) is 12.8 Å². The molecule has 1 aliphatic carbocycles. The van der Waals surface area contributed by atoms with Gasteiger partial charge in [0.15, 0.2) is 5.82 Å². The van der Waals surface area contributed by atoms with Gasteiger partial charge in [-0.3, -0.25) is 0 Å². The molecule has 1 saturated carbocycles. The molecule has 1 aliphatic rings. The van der Waals surface area contributed by atoms with Gasteiger partial charge in [0.1, 0.15) is 0 Å². The lowest BCUT2D eigenvalue weighted by molar-refractivity contribution is 0.418. The second-order valence-electron chi connectivity index (χ2n) is 3.96. The van der Waals surface area contributed by atoms with Gasteiger partial charge in [0.05, 0.1) is 11.6 Å². The van der Waals surface area contributed by atoms with E-state index in [0.29, 0.717) is 0 Å². The molecule has 5 nitrogen and oxygen atoms in total. The van der Waals surface area contributed by atoms with Crippen LogP contribution in [0, 0.1) is 0 Å². The Bertz CT molecular complexity index is 301. The van der Waals surface area contributed by atoms with Crippen molar-refractivity contribution in [1.29, 1.82) is 0 Å². The summed E-state index contributed by atoms with van der Waals surface area (Å²) in [5, 5.41) is 14.9. The van der Waals surface area contributed by atoms with Crippen LogP contribution >= 0.6 is 0 Å². The Morgan fingerprint density at radius 1 is 1.54 bits per heavy atom. The molecule has 0 bridgehead atoms. The lowest BCUT2D eigenvalue weighted by atomic mass is 10.2. The number of nitrogens with one attached hydrogen (secondary N) is 1. The molecular weight excluding hydrogens is 166 g/mol. The number of rotatable bonds is 3. The number of nitrogens with zero attached hydrogens (tertiary/aromatic N) is 4. The van der Waals surface area contributed by atoms with Gasteiger partial charge in [-0.2, -0.15) is 0 Å². The monoisotopic (exact) mass is 181 g/mol. The Balaban J connectivity index is 2.31. The number of aromatic nitrogens is 4. The first-order valence-electron chi connectivity index (χ1n) is 4.63. The Morgan fingerprint density at radius 2 is 2.23 bits per heavy atom. The van der Waals surface area contributed by atoms with Gasteiger partial charge in [0.25, 0.3) is 0 Å². The predicted molar refractivity (Wildman–Crippen MR) is 48.2 cm³/mol. The highest BCUT2D eigenvalue weighted by atomic mass is 15.6. The van der Waals surface area contributed by atoms with Crippen molar-refractivity contribution in [3.05, 3.63) is 5.82 Å². The fourth-order valence-electron chi connectivity index (χ4n) is 1.37. The highest BCUT2D eigenvalue weighted by molar-refractivity contribution is 5.02. The molecular formula is C8H15N5. The minimum atomic E-state index is 0.184. The van der Waals surface area contributed by atoms with Crippen molar-refractivity contribution in [1.82, 2.24) is 25.5 Å². The van der Waals surface area contributed by atoms with E-state index < -0.39 is 0 Å². The zero-order valence-electron chi connectivity index (χ0n) is 8.28. The third kappa shape index (κ3) is 1.33. The van der Waals surface area contributed by atoms with Crippen LogP contribution in [-0.4, -0.2) is 27.3 Å². The summed E-state index contributed by atoms with van der Waals surface area (Å²) in [6.45, 7) is 4.25. The Kier molecular flexibility index (Phi) is 1.83. The topological polar surface area (TPSA) is 55.6 Å². The van der Waals surface area contributed by atoms with Crippen molar-refractivity contribution in [2.24, 2.45) is 0 Å². The first-order chi connectivity index (χ1) is 6.17. The van der Waals surface area contributed by atoms with E-state index >= 15 is 0 Å². The number of hydrogen-bond donors (Lipinski definition) is 1. The quantitative estimate of drug-likeness (QED) is 0.736. The molecule has 1 fully saturated rings. The summed E-state index contributed by atoms with van der Waals surface area (Å²) in [6, 6.07) is 0.215. The Hall–Kier alpha value is -0.970. The van der Waals surface area contributed by atoms with Crippen LogP contribution in [0.5, 0.6) is 0 Å². The summed E-state index contributed by atoms with van der Waals surface area (Å²) in [5.74, 6) is 0.933. The average molecular weight is 181 g/mol. The fraction of sp³-hybridized carbons (Fsp3) is 0.875. The first kappa shape index (κ1) is 8.62. The smallest absolute Gasteiger partial charge is 0.168 e. The van der Waals surface area contributed by atoms with E-state index in [1.54, 1.807) is 0 Å². The Labute approximate surface area is 77.5 Å². The van der Waals surface area contributed by atoms with Crippen LogP contribution in [0.2, 0.25) is 0 Å². The van der Waals surface area contributed by atoms with Crippen LogP contribution in [0.15, 0.2) is 0 Å². The van der Waals surface area contributed by atoms with Crippen LogP contribution in [0.25, 0.3) is 0 Å². The molecule has 0 radical (unpaired) electrons. The second kappa shape index (κ2) is 2.77. The van der Waals surface area contributed by atoms with Crippen molar-refractivity contribution < 1.29 is 0 Å². The van der Waals surface area contributed by atoms with Gasteiger partial charge < -0.3 is 5.32 Å². The maximum atomic E-state index is 4.03. The molecule has 1 aromatic rings. The Morgan fingerprint density at radius 3 is 2.77 bits per heavy atom. The van der Waals surface area contributed by atoms with Gasteiger partial charge in [0.2, 0.25) is 0 Å². The molecule has 0 aliphatic heterocycles. The summed E-state index contributed by atoms with van der Waals surface area (Å²) in [4.78, 5) is 0. The van der Waals surface area contributed by atoms with Gasteiger partial charge in [-0.25, -0.2) is 4.68 Å². The molecule has 13 heavy (non-hydrogen) atoms. The summed E-state index contributed by atoms with van der Waals surface area (Å²) >= 11 is 0.